The highest BCUT2D eigenvalue weighted by molar-refractivity contribution is 5.84. The maximum atomic E-state index is 9.81. The van der Waals surface area contributed by atoms with Gasteiger partial charge in [-0.3, -0.25) is 4.68 Å². The molecule has 0 fully saturated rings. The zero-order chi connectivity index (χ0) is 15.7. The third kappa shape index (κ3) is 3.28. The molecule has 3 aromatic rings. The van der Waals surface area contributed by atoms with Gasteiger partial charge in [0, 0.05) is 18.1 Å². The Morgan fingerprint density at radius 1 is 1.05 bits per heavy atom. The minimum Gasteiger partial charge on any atom is -0.508 e. The number of phenols is 1. The maximum absolute atomic E-state index is 9.81. The largest absolute Gasteiger partial charge is 0.508 e. The molecule has 1 heterocycles. The number of hydrogen-bond donors (Lipinski definition) is 2. The highest BCUT2D eigenvalue weighted by atomic mass is 16.3. The van der Waals surface area contributed by atoms with Crippen LogP contribution in [0.2, 0.25) is 0 Å². The van der Waals surface area contributed by atoms with Crippen molar-refractivity contribution in [3.05, 3.63) is 48.7 Å². The van der Waals surface area contributed by atoms with Crippen LogP contribution in [-0.2, 0) is 6.54 Å². The van der Waals surface area contributed by atoms with Gasteiger partial charge in [-0.1, -0.05) is 24.3 Å². The van der Waals surface area contributed by atoms with Crippen molar-refractivity contribution in [2.24, 2.45) is 0 Å². The molecule has 3 rings (SSSR count). The summed E-state index contributed by atoms with van der Waals surface area (Å²) in [5, 5.41) is 24.8. The van der Waals surface area contributed by atoms with E-state index in [1.165, 1.54) is 0 Å². The Kier molecular flexibility index (Phi) is 3.62. The van der Waals surface area contributed by atoms with Gasteiger partial charge in [0.15, 0.2) is 0 Å². The first kappa shape index (κ1) is 14.6. The molecule has 0 spiro atoms. The van der Waals surface area contributed by atoms with Gasteiger partial charge in [-0.05, 0) is 49.6 Å². The SMILES string of the molecule is CC(C)(O)CCn1cc2ccc(-c3ccc(O)cc3)cc2n1. The van der Waals surface area contributed by atoms with Crippen LogP contribution >= 0.6 is 0 Å². The Bertz CT molecular complexity index is 783. The van der Waals surface area contributed by atoms with Gasteiger partial charge in [-0.15, -0.1) is 0 Å². The molecule has 0 bridgehead atoms. The van der Waals surface area contributed by atoms with Crippen LogP contribution in [0, 0.1) is 0 Å². The molecule has 2 aromatic carbocycles. The van der Waals surface area contributed by atoms with Crippen LogP contribution in [0.25, 0.3) is 22.0 Å². The van der Waals surface area contributed by atoms with Crippen LogP contribution in [0.4, 0.5) is 0 Å². The molecule has 0 aliphatic carbocycles. The van der Waals surface area contributed by atoms with Crippen molar-refractivity contribution < 1.29 is 10.2 Å². The first-order valence-corrected chi connectivity index (χ1v) is 7.40. The molecular formula is C18H20N2O2. The van der Waals surface area contributed by atoms with E-state index in [2.05, 4.69) is 11.2 Å². The number of aryl methyl sites for hydroxylation is 1. The number of fused-ring (bicyclic) bond motifs is 1. The molecule has 0 aliphatic rings. The van der Waals surface area contributed by atoms with Crippen molar-refractivity contribution >= 4 is 10.9 Å². The highest BCUT2D eigenvalue weighted by Crippen LogP contribution is 2.25. The number of nitrogens with zero attached hydrogens (tertiary/aromatic N) is 2. The Morgan fingerprint density at radius 2 is 1.73 bits per heavy atom. The quantitative estimate of drug-likeness (QED) is 0.774. The summed E-state index contributed by atoms with van der Waals surface area (Å²) < 4.78 is 1.88. The molecule has 1 aromatic heterocycles. The fraction of sp³-hybridized carbons (Fsp3) is 0.278. The van der Waals surface area contributed by atoms with Crippen molar-refractivity contribution in [3.8, 4) is 16.9 Å². The standard InChI is InChI=1S/C18H20N2O2/c1-18(2,22)9-10-20-12-15-4-3-14(11-17(15)19-20)13-5-7-16(21)8-6-13/h3-8,11-12,21-22H,9-10H2,1-2H3. The third-order valence-corrected chi connectivity index (χ3v) is 3.71. The van der Waals surface area contributed by atoms with Crippen LogP contribution in [0.1, 0.15) is 20.3 Å². The van der Waals surface area contributed by atoms with E-state index in [1.54, 1.807) is 26.0 Å². The maximum Gasteiger partial charge on any atom is 0.115 e. The van der Waals surface area contributed by atoms with Gasteiger partial charge in [0.1, 0.15) is 5.75 Å². The lowest BCUT2D eigenvalue weighted by atomic mass is 10.0. The van der Waals surface area contributed by atoms with E-state index in [4.69, 9.17) is 0 Å². The molecule has 2 N–H and O–H groups in total. The van der Waals surface area contributed by atoms with Crippen LogP contribution < -0.4 is 0 Å². The summed E-state index contributed by atoms with van der Waals surface area (Å²) in [6.07, 6.45) is 2.66. The van der Waals surface area contributed by atoms with Crippen molar-refractivity contribution in [1.82, 2.24) is 9.78 Å². The number of aromatic nitrogens is 2. The van der Waals surface area contributed by atoms with Gasteiger partial charge in [-0.25, -0.2) is 0 Å². The van der Waals surface area contributed by atoms with Crippen LogP contribution in [0.5, 0.6) is 5.75 Å². The molecule has 22 heavy (non-hydrogen) atoms. The second-order valence-corrected chi connectivity index (χ2v) is 6.28. The van der Waals surface area contributed by atoms with E-state index >= 15 is 0 Å². The molecule has 0 radical (unpaired) electrons. The molecule has 4 heteroatoms. The molecule has 0 atom stereocenters. The molecular weight excluding hydrogens is 276 g/mol. The Morgan fingerprint density at radius 3 is 2.41 bits per heavy atom. The molecule has 0 unspecified atom stereocenters. The van der Waals surface area contributed by atoms with Gasteiger partial charge < -0.3 is 10.2 Å². The molecule has 0 saturated heterocycles. The summed E-state index contributed by atoms with van der Waals surface area (Å²) in [7, 11) is 0. The van der Waals surface area contributed by atoms with Crippen molar-refractivity contribution in [2.45, 2.75) is 32.4 Å². The number of aliphatic hydroxyl groups is 1. The molecule has 0 aliphatic heterocycles. The normalized spacial score (nSPS) is 12.0. The first-order valence-electron chi connectivity index (χ1n) is 7.40. The molecule has 114 valence electrons. The zero-order valence-corrected chi connectivity index (χ0v) is 12.8. The third-order valence-electron chi connectivity index (χ3n) is 3.71. The van der Waals surface area contributed by atoms with Gasteiger partial charge in [0.25, 0.3) is 0 Å². The number of phenolic OH excluding ortho intramolecular Hbond substituents is 1. The average molecular weight is 296 g/mol. The summed E-state index contributed by atoms with van der Waals surface area (Å²) >= 11 is 0. The van der Waals surface area contributed by atoms with Gasteiger partial charge in [0.2, 0.25) is 0 Å². The Hall–Kier alpha value is -2.33. The van der Waals surface area contributed by atoms with Crippen LogP contribution in [-0.4, -0.2) is 25.6 Å². The van der Waals surface area contributed by atoms with Crippen LogP contribution in [0.3, 0.4) is 0 Å². The summed E-state index contributed by atoms with van der Waals surface area (Å²) in [6, 6.07) is 13.3. The van der Waals surface area contributed by atoms with E-state index in [9.17, 15) is 10.2 Å². The molecule has 4 nitrogen and oxygen atoms in total. The summed E-state index contributed by atoms with van der Waals surface area (Å²) in [5.41, 5.74) is 2.36. The second kappa shape index (κ2) is 5.46. The highest BCUT2D eigenvalue weighted by Gasteiger charge is 2.13. The number of rotatable bonds is 4. The Labute approximate surface area is 129 Å². The number of hydrogen-bond acceptors (Lipinski definition) is 3. The van der Waals surface area contributed by atoms with E-state index in [0.717, 1.165) is 22.0 Å². The monoisotopic (exact) mass is 296 g/mol. The summed E-state index contributed by atoms with van der Waals surface area (Å²) in [4.78, 5) is 0. The number of aromatic hydroxyl groups is 1. The van der Waals surface area contributed by atoms with Crippen LogP contribution in [0.15, 0.2) is 48.7 Å². The lowest BCUT2D eigenvalue weighted by molar-refractivity contribution is 0.0651. The summed E-state index contributed by atoms with van der Waals surface area (Å²) in [5.74, 6) is 0.265. The molecule has 0 amide bonds. The average Bonchev–Trinajstić information content (AvgIpc) is 2.87. The Balaban J connectivity index is 1.88. The fourth-order valence-corrected chi connectivity index (χ4v) is 2.40. The predicted octanol–water partition coefficient (Wildman–Crippen LogP) is 3.57. The van der Waals surface area contributed by atoms with Crippen molar-refractivity contribution in [2.75, 3.05) is 0 Å². The lowest BCUT2D eigenvalue weighted by Crippen LogP contribution is -2.21. The van der Waals surface area contributed by atoms with E-state index in [1.807, 2.05) is 35.1 Å². The van der Waals surface area contributed by atoms with E-state index < -0.39 is 5.60 Å². The van der Waals surface area contributed by atoms with Gasteiger partial charge >= 0.3 is 0 Å². The molecule has 0 saturated carbocycles. The topological polar surface area (TPSA) is 58.3 Å². The fourth-order valence-electron chi connectivity index (χ4n) is 2.40. The number of benzene rings is 2. The van der Waals surface area contributed by atoms with Crippen molar-refractivity contribution in [1.29, 1.82) is 0 Å². The van der Waals surface area contributed by atoms with E-state index in [-0.39, 0.29) is 5.75 Å². The van der Waals surface area contributed by atoms with Gasteiger partial charge in [0.05, 0.1) is 11.1 Å². The smallest absolute Gasteiger partial charge is 0.115 e. The lowest BCUT2D eigenvalue weighted by Gasteiger charge is -2.16. The first-order chi connectivity index (χ1) is 10.4. The van der Waals surface area contributed by atoms with Gasteiger partial charge in [-0.2, -0.15) is 5.10 Å². The second-order valence-electron chi connectivity index (χ2n) is 6.28. The van der Waals surface area contributed by atoms with E-state index in [0.29, 0.717) is 13.0 Å². The summed E-state index contributed by atoms with van der Waals surface area (Å²) in [6.45, 7) is 4.30. The zero-order valence-electron chi connectivity index (χ0n) is 12.8. The minimum atomic E-state index is -0.685. The minimum absolute atomic E-state index is 0.265. The predicted molar refractivity (Wildman–Crippen MR) is 87.7 cm³/mol. The van der Waals surface area contributed by atoms with Crippen molar-refractivity contribution in [3.63, 3.8) is 0 Å².